The fraction of sp³-hybridized carbons (Fsp3) is 0.231. The molecule has 1 saturated heterocycles. The van der Waals surface area contributed by atoms with Gasteiger partial charge in [0.15, 0.2) is 5.76 Å². The highest BCUT2D eigenvalue weighted by molar-refractivity contribution is 6.15. The molecule has 2 aliphatic rings. The smallest absolute Gasteiger partial charge is 0.232 e. The van der Waals surface area contributed by atoms with E-state index in [0.717, 1.165) is 37.4 Å². The summed E-state index contributed by atoms with van der Waals surface area (Å²) < 4.78 is 19.2. The van der Waals surface area contributed by atoms with Crippen LogP contribution < -0.4 is 9.64 Å². The van der Waals surface area contributed by atoms with E-state index < -0.39 is 0 Å². The summed E-state index contributed by atoms with van der Waals surface area (Å²) in [5.41, 5.74) is 3.58. The number of pyridine rings is 1. The molecule has 0 atom stereocenters. The molecule has 5 rings (SSSR count). The number of carbonyl (C=O) groups excluding carboxylic acids is 1. The van der Waals surface area contributed by atoms with Gasteiger partial charge in [-0.1, -0.05) is 6.07 Å². The Morgan fingerprint density at radius 3 is 2.61 bits per heavy atom. The minimum atomic E-state index is -0.243. The summed E-state index contributed by atoms with van der Waals surface area (Å²) in [4.78, 5) is 21.6. The van der Waals surface area contributed by atoms with Crippen molar-refractivity contribution in [2.24, 2.45) is 0 Å². The fourth-order valence-corrected chi connectivity index (χ4v) is 4.39. The van der Waals surface area contributed by atoms with Crippen LogP contribution in [0.15, 0.2) is 60.6 Å². The van der Waals surface area contributed by atoms with E-state index in [2.05, 4.69) is 14.8 Å². The van der Waals surface area contributed by atoms with Gasteiger partial charge in [-0.05, 0) is 60.5 Å². The maximum atomic E-state index is 13.2. The van der Waals surface area contributed by atoms with Gasteiger partial charge in [0.1, 0.15) is 17.3 Å². The highest BCUT2D eigenvalue weighted by Gasteiger charge is 2.34. The number of anilines is 1. The number of ether oxygens (including phenoxy) is 1. The minimum Gasteiger partial charge on any atom is -0.507 e. The van der Waals surface area contributed by atoms with Gasteiger partial charge in [-0.25, -0.2) is 4.39 Å². The van der Waals surface area contributed by atoms with Crippen LogP contribution in [0.2, 0.25) is 0 Å². The molecule has 7 heteroatoms. The monoisotopic (exact) mass is 445 g/mol. The molecule has 0 aliphatic carbocycles. The summed E-state index contributed by atoms with van der Waals surface area (Å²) >= 11 is 0. The second-order valence-electron chi connectivity index (χ2n) is 8.36. The summed E-state index contributed by atoms with van der Waals surface area (Å²) in [6, 6.07) is 11.8. The standard InChI is InChI=1S/C26H24FN3O3/c1-17-13-22(31)21(16-29-9-11-30(12-10-29)20-6-4-19(27)5-7-20)26-24(17)25(32)23(33-26)14-18-3-2-8-28-15-18/h2-8,13-15,31H,9-12,16H2,1H3/b23-14-. The number of fused-ring (bicyclic) bond motifs is 1. The van der Waals surface area contributed by atoms with Crippen LogP contribution in [0.3, 0.4) is 0 Å². The number of allylic oxidation sites excluding steroid dienone is 1. The average Bonchev–Trinajstić information content (AvgIpc) is 3.14. The van der Waals surface area contributed by atoms with Gasteiger partial charge in [0.05, 0.1) is 11.1 Å². The average molecular weight is 445 g/mol. The number of Topliss-reactive ketones (excluding diaryl/α,β-unsaturated/α-hetero) is 1. The summed E-state index contributed by atoms with van der Waals surface area (Å²) in [7, 11) is 0. The van der Waals surface area contributed by atoms with E-state index in [0.29, 0.717) is 29.0 Å². The Balaban J connectivity index is 1.35. The first-order chi connectivity index (χ1) is 16.0. The Morgan fingerprint density at radius 2 is 1.91 bits per heavy atom. The normalized spacial score (nSPS) is 17.3. The van der Waals surface area contributed by atoms with Crippen molar-refractivity contribution in [3.05, 3.63) is 88.7 Å². The second kappa shape index (κ2) is 8.67. The molecule has 0 radical (unpaired) electrons. The lowest BCUT2D eigenvalue weighted by Crippen LogP contribution is -2.46. The molecule has 1 aromatic heterocycles. The number of hydrogen-bond donors (Lipinski definition) is 1. The summed E-state index contributed by atoms with van der Waals surface area (Å²) in [6.07, 6.45) is 5.01. The summed E-state index contributed by atoms with van der Waals surface area (Å²) in [5, 5.41) is 10.7. The zero-order valence-electron chi connectivity index (χ0n) is 18.3. The molecule has 33 heavy (non-hydrogen) atoms. The van der Waals surface area contributed by atoms with E-state index in [4.69, 9.17) is 4.74 Å². The van der Waals surface area contributed by atoms with Crippen molar-refractivity contribution in [3.8, 4) is 11.5 Å². The number of piperazine rings is 1. The molecule has 0 unspecified atom stereocenters. The Hall–Kier alpha value is -3.71. The predicted octanol–water partition coefficient (Wildman–Crippen LogP) is 4.17. The molecule has 3 aromatic rings. The molecule has 6 nitrogen and oxygen atoms in total. The van der Waals surface area contributed by atoms with Crippen LogP contribution in [0.5, 0.6) is 11.5 Å². The number of ketones is 1. The van der Waals surface area contributed by atoms with Crippen LogP contribution >= 0.6 is 0 Å². The van der Waals surface area contributed by atoms with Crippen LogP contribution in [0, 0.1) is 12.7 Å². The molecule has 0 bridgehead atoms. The number of rotatable bonds is 4. The van der Waals surface area contributed by atoms with Crippen molar-refractivity contribution in [2.75, 3.05) is 31.1 Å². The van der Waals surface area contributed by atoms with Crippen molar-refractivity contribution < 1.29 is 19.0 Å². The number of phenols is 1. The lowest BCUT2D eigenvalue weighted by atomic mass is 9.99. The van der Waals surface area contributed by atoms with Crippen LogP contribution in [-0.4, -0.2) is 47.0 Å². The number of carbonyl (C=O) groups is 1. The molecule has 1 fully saturated rings. The highest BCUT2D eigenvalue weighted by atomic mass is 19.1. The second-order valence-corrected chi connectivity index (χ2v) is 8.36. The molecule has 1 N–H and O–H groups in total. The van der Waals surface area contributed by atoms with Gasteiger partial charge >= 0.3 is 0 Å². The van der Waals surface area contributed by atoms with Gasteiger partial charge in [0, 0.05) is 50.8 Å². The van der Waals surface area contributed by atoms with Gasteiger partial charge in [-0.3, -0.25) is 14.7 Å². The van der Waals surface area contributed by atoms with Gasteiger partial charge in [-0.2, -0.15) is 0 Å². The first kappa shape index (κ1) is 21.2. The number of halogens is 1. The SMILES string of the molecule is Cc1cc(O)c(CN2CCN(c3ccc(F)cc3)CC2)c2c1C(=O)/C(=C/c1cccnc1)O2. The van der Waals surface area contributed by atoms with Gasteiger partial charge in [0.25, 0.3) is 0 Å². The number of aromatic hydroxyl groups is 1. The first-order valence-corrected chi connectivity index (χ1v) is 10.9. The Bertz CT molecular complexity index is 1220. The Labute approximate surface area is 191 Å². The number of aryl methyl sites for hydroxylation is 1. The van der Waals surface area contributed by atoms with E-state index in [1.807, 2.05) is 6.07 Å². The van der Waals surface area contributed by atoms with Crippen molar-refractivity contribution in [2.45, 2.75) is 13.5 Å². The third kappa shape index (κ3) is 4.19. The van der Waals surface area contributed by atoms with Gasteiger partial charge < -0.3 is 14.7 Å². The quantitative estimate of drug-likeness (QED) is 0.608. The zero-order valence-corrected chi connectivity index (χ0v) is 18.3. The number of phenolic OH excluding ortho intramolecular Hbond substituents is 1. The maximum Gasteiger partial charge on any atom is 0.232 e. The van der Waals surface area contributed by atoms with Crippen molar-refractivity contribution >= 4 is 17.5 Å². The molecule has 168 valence electrons. The van der Waals surface area contributed by atoms with Crippen LogP contribution in [0.25, 0.3) is 6.08 Å². The van der Waals surface area contributed by atoms with Gasteiger partial charge in [-0.15, -0.1) is 0 Å². The fourth-order valence-electron chi connectivity index (χ4n) is 4.39. The lowest BCUT2D eigenvalue weighted by molar-refractivity contribution is 0.101. The number of aromatic nitrogens is 1. The maximum absolute atomic E-state index is 13.2. The summed E-state index contributed by atoms with van der Waals surface area (Å²) in [5.74, 6) is 0.367. The highest BCUT2D eigenvalue weighted by Crippen LogP contribution is 2.42. The van der Waals surface area contributed by atoms with E-state index in [-0.39, 0.29) is 23.1 Å². The molecule has 2 aromatic carbocycles. The topological polar surface area (TPSA) is 65.9 Å². The molecule has 0 amide bonds. The van der Waals surface area contributed by atoms with E-state index in [9.17, 15) is 14.3 Å². The lowest BCUT2D eigenvalue weighted by Gasteiger charge is -2.36. The van der Waals surface area contributed by atoms with Crippen LogP contribution in [0.4, 0.5) is 10.1 Å². The van der Waals surface area contributed by atoms with Crippen molar-refractivity contribution in [1.29, 1.82) is 0 Å². The van der Waals surface area contributed by atoms with E-state index >= 15 is 0 Å². The largest absolute Gasteiger partial charge is 0.507 e. The van der Waals surface area contributed by atoms with Crippen molar-refractivity contribution in [3.63, 3.8) is 0 Å². The molecular weight excluding hydrogens is 421 g/mol. The van der Waals surface area contributed by atoms with Gasteiger partial charge in [0.2, 0.25) is 5.78 Å². The van der Waals surface area contributed by atoms with Crippen LogP contribution in [-0.2, 0) is 6.54 Å². The third-order valence-corrected chi connectivity index (χ3v) is 6.15. The minimum absolute atomic E-state index is 0.127. The molecule has 0 spiro atoms. The van der Waals surface area contributed by atoms with Crippen LogP contribution in [0.1, 0.15) is 27.0 Å². The zero-order chi connectivity index (χ0) is 22.9. The van der Waals surface area contributed by atoms with E-state index in [1.165, 1.54) is 12.1 Å². The summed E-state index contributed by atoms with van der Waals surface area (Å²) in [6.45, 7) is 5.38. The third-order valence-electron chi connectivity index (χ3n) is 6.15. The predicted molar refractivity (Wildman–Crippen MR) is 124 cm³/mol. The van der Waals surface area contributed by atoms with E-state index in [1.54, 1.807) is 49.7 Å². The number of nitrogens with zero attached hydrogens (tertiary/aromatic N) is 3. The molecular formula is C26H24FN3O3. The molecule has 2 aliphatic heterocycles. The molecule has 3 heterocycles. The molecule has 0 saturated carbocycles. The number of benzene rings is 2. The number of hydrogen-bond acceptors (Lipinski definition) is 6. The Morgan fingerprint density at radius 1 is 1.15 bits per heavy atom. The van der Waals surface area contributed by atoms with Crippen molar-refractivity contribution in [1.82, 2.24) is 9.88 Å². The first-order valence-electron chi connectivity index (χ1n) is 10.9. The Kier molecular flexibility index (Phi) is 5.56.